The normalized spacial score (nSPS) is 11.8. The van der Waals surface area contributed by atoms with E-state index in [4.69, 9.17) is 8.83 Å². The fourth-order valence-corrected chi connectivity index (χ4v) is 8.84. The Labute approximate surface area is 303 Å². The summed E-state index contributed by atoms with van der Waals surface area (Å²) in [5.74, 6) is 0. The second-order valence-electron chi connectivity index (χ2n) is 13.3. The van der Waals surface area contributed by atoms with Crippen molar-refractivity contribution in [3.63, 3.8) is 0 Å². The summed E-state index contributed by atoms with van der Waals surface area (Å²) in [7, 11) is 0. The SMILES string of the molecule is c1ccc2c(c1)oc1ccc(-c3ccc(N(c4ccc(-c5ccc6sc7ccccc7c6c5)cc4)c4cccc5c4oc4ccccc45)cc3)cc12. The number of hydrogen-bond donors (Lipinski definition) is 0. The van der Waals surface area contributed by atoms with Crippen LogP contribution >= 0.6 is 11.3 Å². The van der Waals surface area contributed by atoms with Crippen LogP contribution in [-0.4, -0.2) is 0 Å². The van der Waals surface area contributed by atoms with Gasteiger partial charge >= 0.3 is 0 Å². The summed E-state index contributed by atoms with van der Waals surface area (Å²) in [6, 6.07) is 62.6. The van der Waals surface area contributed by atoms with Crippen molar-refractivity contribution in [1.82, 2.24) is 0 Å². The Kier molecular flexibility index (Phi) is 6.42. The molecule has 244 valence electrons. The van der Waals surface area contributed by atoms with Crippen LogP contribution in [0.15, 0.2) is 185 Å². The maximum absolute atomic E-state index is 6.58. The Balaban J connectivity index is 1.03. The number of para-hydroxylation sites is 3. The molecule has 11 aromatic rings. The topological polar surface area (TPSA) is 29.5 Å². The Morgan fingerprint density at radius 1 is 0.346 bits per heavy atom. The molecule has 8 aromatic carbocycles. The molecule has 0 spiro atoms. The number of fused-ring (bicyclic) bond motifs is 9. The molecule has 0 aliphatic heterocycles. The van der Waals surface area contributed by atoms with Crippen LogP contribution in [0.1, 0.15) is 0 Å². The zero-order chi connectivity index (χ0) is 34.2. The Morgan fingerprint density at radius 2 is 0.865 bits per heavy atom. The molecule has 3 heterocycles. The first-order valence-corrected chi connectivity index (χ1v) is 18.3. The van der Waals surface area contributed by atoms with Crippen LogP contribution in [0.2, 0.25) is 0 Å². The average molecular weight is 684 g/mol. The van der Waals surface area contributed by atoms with E-state index in [-0.39, 0.29) is 0 Å². The molecule has 0 atom stereocenters. The summed E-state index contributed by atoms with van der Waals surface area (Å²) < 4.78 is 15.3. The van der Waals surface area contributed by atoms with Gasteiger partial charge in [-0.3, -0.25) is 0 Å². The molecule has 0 aliphatic rings. The van der Waals surface area contributed by atoms with Crippen LogP contribution in [0.4, 0.5) is 17.1 Å². The molecule has 3 nitrogen and oxygen atoms in total. The van der Waals surface area contributed by atoms with E-state index in [9.17, 15) is 0 Å². The predicted octanol–water partition coefficient (Wildman–Crippen LogP) is 14.7. The van der Waals surface area contributed by atoms with Gasteiger partial charge in [0.15, 0.2) is 5.58 Å². The second-order valence-corrected chi connectivity index (χ2v) is 14.4. The first kappa shape index (κ1) is 29.1. The van der Waals surface area contributed by atoms with Crippen molar-refractivity contribution in [3.05, 3.63) is 176 Å². The smallest absolute Gasteiger partial charge is 0.159 e. The van der Waals surface area contributed by atoms with Gasteiger partial charge in [0.25, 0.3) is 0 Å². The van der Waals surface area contributed by atoms with Crippen LogP contribution in [0, 0.1) is 0 Å². The van der Waals surface area contributed by atoms with E-state index in [0.717, 1.165) is 72.1 Å². The number of furan rings is 2. The maximum Gasteiger partial charge on any atom is 0.159 e. The minimum absolute atomic E-state index is 0.865. The number of nitrogens with zero attached hydrogens (tertiary/aromatic N) is 1. The van der Waals surface area contributed by atoms with Crippen molar-refractivity contribution < 1.29 is 8.83 Å². The summed E-state index contributed by atoms with van der Waals surface area (Å²) in [6.45, 7) is 0. The molecule has 0 fully saturated rings. The minimum atomic E-state index is 0.865. The van der Waals surface area contributed by atoms with Crippen LogP contribution in [0.25, 0.3) is 86.3 Å². The highest BCUT2D eigenvalue weighted by molar-refractivity contribution is 7.25. The van der Waals surface area contributed by atoms with Crippen molar-refractivity contribution in [3.8, 4) is 22.3 Å². The van der Waals surface area contributed by atoms with Gasteiger partial charge in [0.1, 0.15) is 16.7 Å². The minimum Gasteiger partial charge on any atom is -0.456 e. The summed E-state index contributed by atoms with van der Waals surface area (Å²) in [5, 5.41) is 7.09. The molecule has 52 heavy (non-hydrogen) atoms. The van der Waals surface area contributed by atoms with Gasteiger partial charge in [-0.25, -0.2) is 0 Å². The molecule has 0 aliphatic carbocycles. The van der Waals surface area contributed by atoms with Crippen molar-refractivity contribution in [1.29, 1.82) is 0 Å². The lowest BCUT2D eigenvalue weighted by Crippen LogP contribution is -2.10. The van der Waals surface area contributed by atoms with Gasteiger partial charge in [0.05, 0.1) is 5.69 Å². The van der Waals surface area contributed by atoms with E-state index in [2.05, 4.69) is 157 Å². The molecule has 0 bridgehead atoms. The summed E-state index contributed by atoms with van der Waals surface area (Å²) in [4.78, 5) is 2.31. The van der Waals surface area contributed by atoms with Gasteiger partial charge in [0.2, 0.25) is 0 Å². The monoisotopic (exact) mass is 683 g/mol. The first-order chi connectivity index (χ1) is 25.7. The lowest BCUT2D eigenvalue weighted by atomic mass is 10.0. The van der Waals surface area contributed by atoms with Crippen LogP contribution in [0.5, 0.6) is 0 Å². The molecule has 0 saturated carbocycles. The van der Waals surface area contributed by atoms with Gasteiger partial charge in [-0.15, -0.1) is 11.3 Å². The third-order valence-corrected chi connectivity index (χ3v) is 11.4. The van der Waals surface area contributed by atoms with Gasteiger partial charge in [-0.2, -0.15) is 0 Å². The molecule has 0 unspecified atom stereocenters. The van der Waals surface area contributed by atoms with Crippen molar-refractivity contribution in [2.45, 2.75) is 0 Å². The maximum atomic E-state index is 6.58. The Hall–Kier alpha value is -6.62. The predicted molar refractivity (Wildman–Crippen MR) is 219 cm³/mol. The van der Waals surface area contributed by atoms with Gasteiger partial charge in [0, 0.05) is 53.1 Å². The van der Waals surface area contributed by atoms with Crippen LogP contribution < -0.4 is 4.90 Å². The van der Waals surface area contributed by atoms with E-state index in [1.807, 2.05) is 35.6 Å². The Morgan fingerprint density at radius 3 is 1.60 bits per heavy atom. The van der Waals surface area contributed by atoms with Crippen LogP contribution in [0.3, 0.4) is 0 Å². The zero-order valence-electron chi connectivity index (χ0n) is 27.9. The van der Waals surface area contributed by atoms with Gasteiger partial charge in [-0.1, -0.05) is 103 Å². The zero-order valence-corrected chi connectivity index (χ0v) is 28.7. The highest BCUT2D eigenvalue weighted by atomic mass is 32.1. The van der Waals surface area contributed by atoms with E-state index < -0.39 is 0 Å². The molecular formula is C48H29NO2S. The largest absolute Gasteiger partial charge is 0.456 e. The summed E-state index contributed by atoms with van der Waals surface area (Å²) in [5.41, 5.74) is 11.3. The van der Waals surface area contributed by atoms with Crippen molar-refractivity contribution >= 4 is 92.4 Å². The second kappa shape index (κ2) is 11.5. The third-order valence-electron chi connectivity index (χ3n) is 10.3. The van der Waals surface area contributed by atoms with Gasteiger partial charge in [-0.05, 0) is 95.1 Å². The molecule has 11 rings (SSSR count). The number of rotatable bonds is 5. The highest BCUT2D eigenvalue weighted by Gasteiger charge is 2.20. The van der Waals surface area contributed by atoms with E-state index in [1.54, 1.807) is 0 Å². The number of thiophene rings is 1. The molecule has 0 radical (unpaired) electrons. The van der Waals surface area contributed by atoms with Crippen molar-refractivity contribution in [2.75, 3.05) is 4.90 Å². The lowest BCUT2D eigenvalue weighted by Gasteiger charge is -2.26. The number of hydrogen-bond acceptors (Lipinski definition) is 4. The van der Waals surface area contributed by atoms with Gasteiger partial charge < -0.3 is 13.7 Å². The number of benzene rings is 8. The van der Waals surface area contributed by atoms with E-state index >= 15 is 0 Å². The third kappa shape index (κ3) is 4.58. The molecular weight excluding hydrogens is 655 g/mol. The first-order valence-electron chi connectivity index (χ1n) is 17.5. The summed E-state index contributed by atoms with van der Waals surface area (Å²) in [6.07, 6.45) is 0. The molecule has 4 heteroatoms. The fourth-order valence-electron chi connectivity index (χ4n) is 7.75. The number of anilines is 3. The molecule has 0 N–H and O–H groups in total. The average Bonchev–Trinajstić information content (AvgIpc) is 3.90. The van der Waals surface area contributed by atoms with E-state index in [1.165, 1.54) is 31.3 Å². The van der Waals surface area contributed by atoms with Crippen LogP contribution in [-0.2, 0) is 0 Å². The quantitative estimate of drug-likeness (QED) is 0.181. The van der Waals surface area contributed by atoms with Crippen molar-refractivity contribution in [2.24, 2.45) is 0 Å². The fraction of sp³-hybridized carbons (Fsp3) is 0. The van der Waals surface area contributed by atoms with E-state index in [0.29, 0.717) is 0 Å². The summed E-state index contributed by atoms with van der Waals surface area (Å²) >= 11 is 1.85. The Bertz CT molecular complexity index is 2970. The lowest BCUT2D eigenvalue weighted by molar-refractivity contribution is 0.668. The standard InChI is InChI=1S/C48H29NO2S/c1-5-14-44-36(8-1)39-11-7-12-42(48(39)51-44)49(34-22-16-30(17-23-34)32-20-26-45-40(28-32)37-9-2-4-13-43(37)50-45)35-24-18-31(19-25-35)33-21-27-47-41(29-33)38-10-3-6-15-46(38)52-47/h1-29H. The molecule has 0 amide bonds. The molecule has 3 aromatic heterocycles. The highest BCUT2D eigenvalue weighted by Crippen LogP contribution is 2.44. The molecule has 0 saturated heterocycles.